The highest BCUT2D eigenvalue weighted by atomic mass is 16.5. The first-order chi connectivity index (χ1) is 15.3. The monoisotopic (exact) mass is 413 g/mol. The first-order valence-corrected chi connectivity index (χ1v) is 10.3. The summed E-state index contributed by atoms with van der Waals surface area (Å²) in [7, 11) is 0. The zero-order chi connectivity index (χ0) is 21.0. The van der Waals surface area contributed by atoms with Gasteiger partial charge in [-0.1, -0.05) is 35.9 Å². The van der Waals surface area contributed by atoms with E-state index in [2.05, 4.69) is 44.6 Å². The summed E-state index contributed by atoms with van der Waals surface area (Å²) in [6.07, 6.45) is 5.38. The topological polar surface area (TPSA) is 79.9 Å². The molecule has 0 radical (unpaired) electrons. The number of morpholine rings is 1. The molecule has 0 unspecified atom stereocenters. The van der Waals surface area contributed by atoms with Crippen LogP contribution in [0.15, 0.2) is 66.0 Å². The molecule has 0 atom stereocenters. The van der Waals surface area contributed by atoms with Crippen molar-refractivity contribution in [1.82, 2.24) is 19.6 Å². The zero-order valence-corrected chi connectivity index (χ0v) is 17.3. The van der Waals surface area contributed by atoms with Crippen molar-refractivity contribution in [2.45, 2.75) is 6.92 Å². The van der Waals surface area contributed by atoms with E-state index in [-0.39, 0.29) is 0 Å². The number of anilines is 2. The van der Waals surface area contributed by atoms with Crippen molar-refractivity contribution >= 4 is 23.5 Å². The minimum Gasteiger partial charge on any atom is -0.378 e. The van der Waals surface area contributed by atoms with E-state index in [0.29, 0.717) is 19.0 Å². The maximum absolute atomic E-state index is 5.53. The third kappa shape index (κ3) is 4.10. The molecule has 8 nitrogen and oxygen atoms in total. The standard InChI is InChI=1S/C23H23N7O/c1-17-5-4-6-18(13-17)15-25-28-21-14-22(29-9-11-31-12-10-29)30-23(27-21)19(16-26-30)20-7-2-3-8-24-20/h2-8,13-16H,9-12H2,1H3,(H,27,28)/b25-15+. The van der Waals surface area contributed by atoms with Crippen molar-refractivity contribution in [1.29, 1.82) is 0 Å². The molecule has 1 N–H and O–H groups in total. The SMILES string of the molecule is Cc1cccc(/C=N/Nc2cc(N3CCOCC3)n3ncc(-c4ccccn4)c3n2)c1. The molecular formula is C23H23N7O. The second kappa shape index (κ2) is 8.53. The second-order valence-electron chi connectivity index (χ2n) is 7.39. The quantitative estimate of drug-likeness (QED) is 0.399. The van der Waals surface area contributed by atoms with Gasteiger partial charge in [0.05, 0.1) is 36.9 Å². The van der Waals surface area contributed by atoms with E-state index in [4.69, 9.17) is 9.72 Å². The number of hydrogen-bond donors (Lipinski definition) is 1. The van der Waals surface area contributed by atoms with Crippen LogP contribution in [0.2, 0.25) is 0 Å². The number of benzene rings is 1. The number of hydrogen-bond acceptors (Lipinski definition) is 7. The number of hydrazone groups is 1. The number of fused-ring (bicyclic) bond motifs is 1. The third-order valence-electron chi connectivity index (χ3n) is 5.16. The van der Waals surface area contributed by atoms with Gasteiger partial charge in [0, 0.05) is 25.4 Å². The van der Waals surface area contributed by atoms with Crippen LogP contribution < -0.4 is 10.3 Å². The molecule has 1 aliphatic rings. The number of aryl methyl sites for hydroxylation is 1. The Labute approximate surface area is 180 Å². The van der Waals surface area contributed by atoms with Crippen molar-refractivity contribution in [2.75, 3.05) is 36.6 Å². The van der Waals surface area contributed by atoms with E-state index in [1.165, 1.54) is 5.56 Å². The van der Waals surface area contributed by atoms with Gasteiger partial charge in [0.15, 0.2) is 11.5 Å². The number of nitrogens with zero attached hydrogens (tertiary/aromatic N) is 6. The first-order valence-electron chi connectivity index (χ1n) is 10.3. The fourth-order valence-electron chi connectivity index (χ4n) is 3.65. The Morgan fingerprint density at radius 3 is 2.81 bits per heavy atom. The molecule has 0 aliphatic carbocycles. The minimum atomic E-state index is 0.649. The lowest BCUT2D eigenvalue weighted by Crippen LogP contribution is -2.37. The van der Waals surface area contributed by atoms with Gasteiger partial charge in [-0.2, -0.15) is 14.7 Å². The highest BCUT2D eigenvalue weighted by Gasteiger charge is 2.19. The summed E-state index contributed by atoms with van der Waals surface area (Å²) < 4.78 is 7.39. The Morgan fingerprint density at radius 1 is 1.10 bits per heavy atom. The van der Waals surface area contributed by atoms with Gasteiger partial charge in [0.1, 0.15) is 5.82 Å². The summed E-state index contributed by atoms with van der Waals surface area (Å²) >= 11 is 0. The number of aromatic nitrogens is 4. The van der Waals surface area contributed by atoms with Crippen molar-refractivity contribution in [3.63, 3.8) is 0 Å². The van der Waals surface area contributed by atoms with E-state index < -0.39 is 0 Å². The fraction of sp³-hybridized carbons (Fsp3) is 0.217. The van der Waals surface area contributed by atoms with E-state index in [1.54, 1.807) is 12.4 Å². The predicted octanol–water partition coefficient (Wildman–Crippen LogP) is 3.38. The summed E-state index contributed by atoms with van der Waals surface area (Å²) in [4.78, 5) is 11.5. The van der Waals surface area contributed by atoms with Crippen LogP contribution in [0.25, 0.3) is 16.9 Å². The van der Waals surface area contributed by atoms with Crippen molar-refractivity contribution in [2.24, 2.45) is 5.10 Å². The summed E-state index contributed by atoms with van der Waals surface area (Å²) in [5.74, 6) is 1.60. The van der Waals surface area contributed by atoms with Gasteiger partial charge in [-0.3, -0.25) is 10.4 Å². The van der Waals surface area contributed by atoms with Gasteiger partial charge in [-0.15, -0.1) is 0 Å². The van der Waals surface area contributed by atoms with Crippen LogP contribution in [0.3, 0.4) is 0 Å². The summed E-state index contributed by atoms with van der Waals surface area (Å²) in [5.41, 5.74) is 7.75. The number of pyridine rings is 1. The number of ether oxygens (including phenoxy) is 1. The smallest absolute Gasteiger partial charge is 0.169 e. The number of rotatable bonds is 5. The molecular weight excluding hydrogens is 390 g/mol. The summed E-state index contributed by atoms with van der Waals surface area (Å²) in [5, 5.41) is 9.02. The third-order valence-corrected chi connectivity index (χ3v) is 5.16. The lowest BCUT2D eigenvalue weighted by atomic mass is 10.2. The average Bonchev–Trinajstić information content (AvgIpc) is 3.24. The largest absolute Gasteiger partial charge is 0.378 e. The van der Waals surface area contributed by atoms with Crippen molar-refractivity contribution in [3.05, 3.63) is 72.1 Å². The zero-order valence-electron chi connectivity index (χ0n) is 17.3. The summed E-state index contributed by atoms with van der Waals surface area (Å²) in [6.45, 7) is 5.03. The van der Waals surface area contributed by atoms with Crippen LogP contribution in [0, 0.1) is 6.92 Å². The van der Waals surface area contributed by atoms with Crippen LogP contribution in [0.1, 0.15) is 11.1 Å². The molecule has 0 bridgehead atoms. The minimum absolute atomic E-state index is 0.649. The average molecular weight is 413 g/mol. The second-order valence-corrected chi connectivity index (χ2v) is 7.39. The lowest BCUT2D eigenvalue weighted by molar-refractivity contribution is 0.122. The molecule has 0 spiro atoms. The molecule has 0 saturated carbocycles. The van der Waals surface area contributed by atoms with Crippen LogP contribution in [0.5, 0.6) is 0 Å². The van der Waals surface area contributed by atoms with E-state index in [1.807, 2.05) is 47.1 Å². The van der Waals surface area contributed by atoms with Gasteiger partial charge < -0.3 is 9.64 Å². The maximum atomic E-state index is 5.53. The van der Waals surface area contributed by atoms with Crippen LogP contribution in [-0.2, 0) is 4.74 Å². The van der Waals surface area contributed by atoms with Crippen LogP contribution in [0.4, 0.5) is 11.6 Å². The van der Waals surface area contributed by atoms with Gasteiger partial charge in [-0.25, -0.2) is 4.98 Å². The molecule has 4 aromatic rings. The fourth-order valence-corrected chi connectivity index (χ4v) is 3.65. The van der Waals surface area contributed by atoms with E-state index in [0.717, 1.165) is 41.4 Å². The molecule has 1 aromatic carbocycles. The molecule has 1 fully saturated rings. The first kappa shape index (κ1) is 19.2. The molecule has 1 aliphatic heterocycles. The highest BCUT2D eigenvalue weighted by molar-refractivity contribution is 5.81. The lowest BCUT2D eigenvalue weighted by Gasteiger charge is -2.29. The molecule has 5 rings (SSSR count). The molecule has 156 valence electrons. The molecule has 3 aromatic heterocycles. The van der Waals surface area contributed by atoms with Crippen molar-refractivity contribution in [3.8, 4) is 11.3 Å². The Morgan fingerprint density at radius 2 is 2.00 bits per heavy atom. The normalized spacial score (nSPS) is 14.4. The number of nitrogens with one attached hydrogen (secondary N) is 1. The Bertz CT molecular complexity index is 1210. The molecule has 8 heteroatoms. The molecule has 4 heterocycles. The molecule has 1 saturated heterocycles. The molecule has 31 heavy (non-hydrogen) atoms. The highest BCUT2D eigenvalue weighted by Crippen LogP contribution is 2.27. The summed E-state index contributed by atoms with van der Waals surface area (Å²) in [6, 6.07) is 16.0. The molecule has 0 amide bonds. The van der Waals surface area contributed by atoms with Crippen molar-refractivity contribution < 1.29 is 4.74 Å². The van der Waals surface area contributed by atoms with Gasteiger partial charge >= 0.3 is 0 Å². The van der Waals surface area contributed by atoms with E-state index in [9.17, 15) is 0 Å². The Balaban J connectivity index is 1.54. The van der Waals surface area contributed by atoms with Crippen LogP contribution in [-0.4, -0.2) is 52.1 Å². The predicted molar refractivity (Wildman–Crippen MR) is 122 cm³/mol. The van der Waals surface area contributed by atoms with Gasteiger partial charge in [0.25, 0.3) is 0 Å². The van der Waals surface area contributed by atoms with Gasteiger partial charge in [-0.05, 0) is 24.6 Å². The maximum Gasteiger partial charge on any atom is 0.169 e. The Kier molecular flexibility index (Phi) is 5.28. The van der Waals surface area contributed by atoms with Crippen LogP contribution >= 0.6 is 0 Å². The Hall–Kier alpha value is -3.78. The van der Waals surface area contributed by atoms with E-state index >= 15 is 0 Å². The van der Waals surface area contributed by atoms with Gasteiger partial charge in [0.2, 0.25) is 0 Å².